The Hall–Kier alpha value is -5.79. The van der Waals surface area contributed by atoms with E-state index in [1.807, 2.05) is 109 Å². The number of amides is 1. The third kappa shape index (κ3) is 8.01. The summed E-state index contributed by atoms with van der Waals surface area (Å²) in [4.78, 5) is 21.8. The van der Waals surface area contributed by atoms with Crippen molar-refractivity contribution in [3.63, 3.8) is 0 Å². The number of nitrogens with zero attached hydrogens (tertiary/aromatic N) is 6. The van der Waals surface area contributed by atoms with Crippen LogP contribution in [0.1, 0.15) is 51.6 Å². The first-order valence-electron chi connectivity index (χ1n) is 17.3. The number of tetrazole rings is 1. The Morgan fingerprint density at radius 2 is 1.58 bits per heavy atom. The predicted octanol–water partition coefficient (Wildman–Crippen LogP) is 7.03. The van der Waals surface area contributed by atoms with E-state index in [0.29, 0.717) is 29.4 Å². The Labute approximate surface area is 310 Å². The zero-order valence-corrected chi connectivity index (χ0v) is 29.3. The molecule has 3 heterocycles. The number of ether oxygens (including phenoxy) is 2. The Morgan fingerprint density at radius 3 is 2.42 bits per heavy atom. The van der Waals surface area contributed by atoms with Gasteiger partial charge in [-0.1, -0.05) is 103 Å². The summed E-state index contributed by atoms with van der Waals surface area (Å²) in [5, 5.41) is 25.7. The fraction of sp³-hybridized carbons (Fsp3) is 0.171. The summed E-state index contributed by atoms with van der Waals surface area (Å²) < 4.78 is 15.0. The topological polar surface area (TPSA) is 137 Å². The van der Waals surface area contributed by atoms with Gasteiger partial charge in [-0.3, -0.25) is 9.78 Å². The van der Waals surface area contributed by atoms with E-state index < -0.39 is 6.29 Å². The maximum atomic E-state index is 13.0. The number of carbonyl (C=O) groups excluding carboxylic acids is 1. The summed E-state index contributed by atoms with van der Waals surface area (Å²) in [6, 6.07) is 41.4. The number of aliphatic hydroxyl groups excluding tert-OH is 1. The fourth-order valence-corrected chi connectivity index (χ4v) is 7.16. The molecule has 0 bridgehead atoms. The molecule has 1 aliphatic rings. The summed E-state index contributed by atoms with van der Waals surface area (Å²) in [5.74, 6) is 0.323. The van der Waals surface area contributed by atoms with Crippen LogP contribution < -0.4 is 5.32 Å². The van der Waals surface area contributed by atoms with Crippen LogP contribution in [0, 0.1) is 0 Å². The number of thioether (sulfide) groups is 1. The normalized spacial score (nSPS) is 17.1. The molecule has 3 atom stereocenters. The lowest BCUT2D eigenvalue weighted by atomic mass is 9.99. The number of benzene rings is 5. The second kappa shape index (κ2) is 15.8. The highest BCUT2D eigenvalue weighted by Gasteiger charge is 2.33. The molecule has 11 nitrogen and oxygen atoms in total. The molecule has 12 heteroatoms. The number of para-hydroxylation sites is 3. The van der Waals surface area contributed by atoms with Crippen LogP contribution in [0.15, 0.2) is 139 Å². The Morgan fingerprint density at radius 1 is 0.811 bits per heavy atom. The molecule has 1 saturated heterocycles. The molecule has 2 aromatic heterocycles. The number of hydrogen-bond donors (Lipinski definition) is 2. The number of aromatic nitrogens is 6. The zero-order valence-electron chi connectivity index (χ0n) is 28.5. The van der Waals surface area contributed by atoms with Crippen molar-refractivity contribution >= 4 is 28.7 Å². The van der Waals surface area contributed by atoms with Crippen molar-refractivity contribution in [2.45, 2.75) is 43.2 Å². The highest BCUT2D eigenvalue weighted by atomic mass is 32.2. The van der Waals surface area contributed by atoms with Crippen LogP contribution in [-0.2, 0) is 22.6 Å². The first-order valence-corrected chi connectivity index (χ1v) is 18.2. The minimum atomic E-state index is -0.632. The summed E-state index contributed by atoms with van der Waals surface area (Å²) >= 11 is 1.54. The minimum Gasteiger partial charge on any atom is -0.392 e. The van der Waals surface area contributed by atoms with Crippen LogP contribution in [0.4, 0.5) is 0 Å². The second-order valence-electron chi connectivity index (χ2n) is 12.6. The molecule has 0 aliphatic carbocycles. The molecule has 0 unspecified atom stereocenters. The molecule has 1 fully saturated rings. The number of carbonyl (C=O) groups is 1. The SMILES string of the molecule is O=C(NCc1cccc(-c2cccc([C@H]3O[C@@H](CSc4nnnn4-c4ccccc4)C[C@@H](c4ccc(CO)cc4)O3)c2)c1)c1cnc2ccccc2n1. The number of rotatable bonds is 11. The lowest BCUT2D eigenvalue weighted by molar-refractivity contribution is -0.245. The van der Waals surface area contributed by atoms with Gasteiger partial charge in [0.15, 0.2) is 6.29 Å². The van der Waals surface area contributed by atoms with Crippen LogP contribution in [0.5, 0.6) is 0 Å². The van der Waals surface area contributed by atoms with Crippen molar-refractivity contribution in [1.82, 2.24) is 35.5 Å². The average molecular weight is 722 g/mol. The molecular formula is C41H35N7O4S. The van der Waals surface area contributed by atoms with Crippen LogP contribution in [0.2, 0.25) is 0 Å². The van der Waals surface area contributed by atoms with Crippen molar-refractivity contribution in [2.24, 2.45) is 0 Å². The van der Waals surface area contributed by atoms with Gasteiger partial charge in [0.1, 0.15) is 5.69 Å². The van der Waals surface area contributed by atoms with Crippen LogP contribution in [-0.4, -0.2) is 53.0 Å². The van der Waals surface area contributed by atoms with E-state index in [-0.39, 0.29) is 30.4 Å². The predicted molar refractivity (Wildman–Crippen MR) is 201 cm³/mol. The fourth-order valence-electron chi connectivity index (χ4n) is 6.26. The van der Waals surface area contributed by atoms with E-state index in [0.717, 1.165) is 44.6 Å². The maximum absolute atomic E-state index is 13.0. The van der Waals surface area contributed by atoms with Crippen LogP contribution >= 0.6 is 11.8 Å². The molecule has 1 aliphatic heterocycles. The number of nitrogens with one attached hydrogen (secondary N) is 1. The Kier molecular flexibility index (Phi) is 10.3. The van der Waals surface area contributed by atoms with Crippen molar-refractivity contribution < 1.29 is 19.4 Å². The first kappa shape index (κ1) is 34.3. The van der Waals surface area contributed by atoms with E-state index in [1.165, 1.54) is 18.0 Å². The summed E-state index contributed by atoms with van der Waals surface area (Å²) in [6.07, 6.45) is 1.09. The van der Waals surface area contributed by atoms with Gasteiger partial charge in [0.2, 0.25) is 5.16 Å². The van der Waals surface area contributed by atoms with E-state index in [1.54, 1.807) is 4.68 Å². The van der Waals surface area contributed by atoms with E-state index in [2.05, 4.69) is 49.0 Å². The quantitative estimate of drug-likeness (QED) is 0.134. The summed E-state index contributed by atoms with van der Waals surface area (Å²) in [7, 11) is 0. The molecule has 8 rings (SSSR count). The zero-order chi connectivity index (χ0) is 36.0. The molecule has 1 amide bonds. The monoisotopic (exact) mass is 721 g/mol. The molecule has 2 N–H and O–H groups in total. The Bertz CT molecular complexity index is 2340. The van der Waals surface area contributed by atoms with E-state index >= 15 is 0 Å². The third-order valence-corrected chi connectivity index (χ3v) is 10.1. The smallest absolute Gasteiger partial charge is 0.271 e. The second-order valence-corrected chi connectivity index (χ2v) is 13.6. The average Bonchev–Trinajstić information content (AvgIpc) is 3.71. The highest BCUT2D eigenvalue weighted by Crippen LogP contribution is 2.40. The summed E-state index contributed by atoms with van der Waals surface area (Å²) in [5.41, 5.74) is 8.25. The molecule has 7 aromatic rings. The standard InChI is InChI=1S/C41H35N7O4S/c49-25-27-16-18-29(19-17-27)38-22-34(26-53-41-45-46-47-48(41)33-12-2-1-3-13-33)51-40(52-38)32-11-7-10-31(21-32)30-9-6-8-28(20-30)23-43-39(50)37-24-42-35-14-4-5-15-36(35)44-37/h1-21,24,34,38,40,49H,22-23,25-26H2,(H,43,50)/t34-,38+,40+/m1/s1. The highest BCUT2D eigenvalue weighted by molar-refractivity contribution is 7.99. The molecule has 0 radical (unpaired) electrons. The summed E-state index contributed by atoms with van der Waals surface area (Å²) in [6.45, 7) is 0.311. The molecule has 5 aromatic carbocycles. The first-order chi connectivity index (χ1) is 26.1. The maximum Gasteiger partial charge on any atom is 0.271 e. The van der Waals surface area contributed by atoms with Gasteiger partial charge >= 0.3 is 0 Å². The van der Waals surface area contributed by atoms with Gasteiger partial charge in [0.25, 0.3) is 5.91 Å². The van der Waals surface area contributed by atoms with Gasteiger partial charge in [0, 0.05) is 24.3 Å². The third-order valence-electron chi connectivity index (χ3n) is 9.01. The van der Waals surface area contributed by atoms with Gasteiger partial charge in [0.05, 0.1) is 41.7 Å². The molecular weight excluding hydrogens is 687 g/mol. The molecule has 0 saturated carbocycles. The lowest BCUT2D eigenvalue weighted by Gasteiger charge is -2.36. The van der Waals surface area contributed by atoms with Gasteiger partial charge in [-0.05, 0) is 74.6 Å². The number of hydrogen-bond acceptors (Lipinski definition) is 10. The van der Waals surface area contributed by atoms with Crippen molar-refractivity contribution in [3.8, 4) is 16.8 Å². The molecule has 0 spiro atoms. The van der Waals surface area contributed by atoms with Crippen LogP contribution in [0.25, 0.3) is 27.8 Å². The van der Waals surface area contributed by atoms with E-state index in [4.69, 9.17) is 9.47 Å². The molecule has 53 heavy (non-hydrogen) atoms. The van der Waals surface area contributed by atoms with Gasteiger partial charge in [-0.2, -0.15) is 4.68 Å². The van der Waals surface area contributed by atoms with Gasteiger partial charge in [-0.25, -0.2) is 4.98 Å². The Balaban J connectivity index is 0.993. The minimum absolute atomic E-state index is 0.0214. The van der Waals surface area contributed by atoms with Crippen molar-refractivity contribution in [2.75, 3.05) is 5.75 Å². The van der Waals surface area contributed by atoms with Crippen molar-refractivity contribution in [1.29, 1.82) is 0 Å². The van der Waals surface area contributed by atoms with Crippen molar-refractivity contribution in [3.05, 3.63) is 162 Å². The van der Waals surface area contributed by atoms with Gasteiger partial charge in [-0.15, -0.1) is 5.10 Å². The van der Waals surface area contributed by atoms with E-state index in [9.17, 15) is 9.90 Å². The lowest BCUT2D eigenvalue weighted by Crippen LogP contribution is -2.31. The number of fused-ring (bicyclic) bond motifs is 1. The largest absolute Gasteiger partial charge is 0.392 e. The van der Waals surface area contributed by atoms with Crippen LogP contribution in [0.3, 0.4) is 0 Å². The van der Waals surface area contributed by atoms with Gasteiger partial charge < -0.3 is 19.9 Å². The number of aliphatic hydroxyl groups is 1. The molecule has 264 valence electrons.